The molecule has 0 spiro atoms. The van der Waals surface area contributed by atoms with Crippen molar-refractivity contribution in [2.45, 2.75) is 6.92 Å². The molecule has 76 valence electrons. The Morgan fingerprint density at radius 1 is 1.33 bits per heavy atom. The topological polar surface area (TPSA) is 76.7 Å². The number of aryl methyl sites for hydroxylation is 1. The molecule has 0 aliphatic heterocycles. The van der Waals surface area contributed by atoms with Gasteiger partial charge in [0.15, 0.2) is 0 Å². The minimum absolute atomic E-state index is 0.251. The molecule has 0 atom stereocenters. The Morgan fingerprint density at radius 2 is 2.20 bits per heavy atom. The van der Waals surface area contributed by atoms with Gasteiger partial charge in [-0.15, -0.1) is 0 Å². The van der Waals surface area contributed by atoms with E-state index in [9.17, 15) is 0 Å². The number of rotatable bonds is 2. The molecule has 15 heavy (non-hydrogen) atoms. The average molecular weight is 201 g/mol. The second-order valence-corrected chi connectivity index (χ2v) is 3.18. The second kappa shape index (κ2) is 3.91. The van der Waals surface area contributed by atoms with Crippen molar-refractivity contribution in [3.63, 3.8) is 0 Å². The van der Waals surface area contributed by atoms with Crippen LogP contribution in [0.5, 0.6) is 0 Å². The maximum atomic E-state index is 5.46. The molecule has 0 unspecified atom stereocenters. The highest BCUT2D eigenvalue weighted by Crippen LogP contribution is 2.13. The van der Waals surface area contributed by atoms with E-state index < -0.39 is 0 Å². The van der Waals surface area contributed by atoms with Crippen LogP contribution in [-0.2, 0) is 0 Å². The molecule has 3 N–H and O–H groups in total. The molecule has 0 aliphatic carbocycles. The maximum Gasteiger partial charge on any atom is 0.221 e. The number of anilines is 3. The van der Waals surface area contributed by atoms with Crippen LogP contribution in [0, 0.1) is 6.92 Å². The summed E-state index contributed by atoms with van der Waals surface area (Å²) in [6.45, 7) is 1.98. The lowest BCUT2D eigenvalue weighted by Crippen LogP contribution is -1.99. The largest absolute Gasteiger partial charge is 0.368 e. The number of nitrogens with one attached hydrogen (secondary N) is 1. The lowest BCUT2D eigenvalue weighted by molar-refractivity contribution is 1.18. The number of pyridine rings is 1. The zero-order valence-electron chi connectivity index (χ0n) is 8.31. The summed E-state index contributed by atoms with van der Waals surface area (Å²) in [5, 5.41) is 3.09. The number of nitrogens with zero attached hydrogens (tertiary/aromatic N) is 3. The van der Waals surface area contributed by atoms with E-state index in [0.717, 1.165) is 11.3 Å². The summed E-state index contributed by atoms with van der Waals surface area (Å²) in [5.41, 5.74) is 7.43. The van der Waals surface area contributed by atoms with E-state index >= 15 is 0 Å². The number of hydrogen-bond acceptors (Lipinski definition) is 5. The third-order valence-electron chi connectivity index (χ3n) is 1.82. The smallest absolute Gasteiger partial charge is 0.221 e. The van der Waals surface area contributed by atoms with E-state index in [0.29, 0.717) is 5.82 Å². The molecule has 0 amide bonds. The zero-order chi connectivity index (χ0) is 10.7. The predicted octanol–water partition coefficient (Wildman–Crippen LogP) is 1.51. The summed E-state index contributed by atoms with van der Waals surface area (Å²) in [6.07, 6.45) is 5.12. The van der Waals surface area contributed by atoms with Gasteiger partial charge in [-0.05, 0) is 24.6 Å². The number of aromatic nitrogens is 3. The molecule has 0 fully saturated rings. The summed E-state index contributed by atoms with van der Waals surface area (Å²) < 4.78 is 0. The van der Waals surface area contributed by atoms with Crippen molar-refractivity contribution in [2.75, 3.05) is 11.1 Å². The third-order valence-corrected chi connectivity index (χ3v) is 1.82. The van der Waals surface area contributed by atoms with Crippen molar-refractivity contribution in [1.29, 1.82) is 0 Å². The van der Waals surface area contributed by atoms with Gasteiger partial charge >= 0.3 is 0 Å². The molecule has 0 radical (unpaired) electrons. The van der Waals surface area contributed by atoms with Gasteiger partial charge in [0.05, 0.1) is 11.9 Å². The SMILES string of the molecule is Cc1cncc(Nc2ccnc(N)n2)c1. The van der Waals surface area contributed by atoms with Crippen molar-refractivity contribution in [2.24, 2.45) is 0 Å². The van der Waals surface area contributed by atoms with Crippen LogP contribution in [-0.4, -0.2) is 15.0 Å². The molecule has 2 heterocycles. The standard InChI is InChI=1S/C10H11N5/c1-7-4-8(6-12-5-7)14-9-2-3-13-10(11)15-9/h2-6H,1H3,(H3,11,13,14,15). The first kappa shape index (κ1) is 9.39. The van der Waals surface area contributed by atoms with Crippen molar-refractivity contribution in [3.8, 4) is 0 Å². The van der Waals surface area contributed by atoms with E-state index in [-0.39, 0.29) is 5.95 Å². The van der Waals surface area contributed by atoms with Crippen LogP contribution in [0.4, 0.5) is 17.5 Å². The molecular weight excluding hydrogens is 190 g/mol. The van der Waals surface area contributed by atoms with Gasteiger partial charge in [-0.2, -0.15) is 4.98 Å². The van der Waals surface area contributed by atoms with Crippen molar-refractivity contribution in [1.82, 2.24) is 15.0 Å². The van der Waals surface area contributed by atoms with Gasteiger partial charge in [0.25, 0.3) is 0 Å². The molecule has 5 nitrogen and oxygen atoms in total. The summed E-state index contributed by atoms with van der Waals surface area (Å²) >= 11 is 0. The Morgan fingerprint density at radius 3 is 2.93 bits per heavy atom. The van der Waals surface area contributed by atoms with Gasteiger partial charge in [-0.25, -0.2) is 4.98 Å². The molecule has 0 aromatic carbocycles. The Kier molecular flexibility index (Phi) is 2.45. The molecule has 5 heteroatoms. The second-order valence-electron chi connectivity index (χ2n) is 3.18. The van der Waals surface area contributed by atoms with Gasteiger partial charge in [-0.1, -0.05) is 0 Å². The number of nitrogen functional groups attached to an aromatic ring is 1. The highest BCUT2D eigenvalue weighted by molar-refractivity contribution is 5.55. The van der Waals surface area contributed by atoms with E-state index in [1.807, 2.05) is 13.0 Å². The Hall–Kier alpha value is -2.17. The fraction of sp³-hybridized carbons (Fsp3) is 0.100. The summed E-state index contributed by atoms with van der Waals surface area (Å²) in [7, 11) is 0. The van der Waals surface area contributed by atoms with E-state index in [2.05, 4.69) is 20.3 Å². The number of hydrogen-bond donors (Lipinski definition) is 2. The van der Waals surface area contributed by atoms with E-state index in [1.165, 1.54) is 0 Å². The van der Waals surface area contributed by atoms with Crippen LogP contribution in [0.3, 0.4) is 0 Å². The van der Waals surface area contributed by atoms with Crippen LogP contribution in [0.15, 0.2) is 30.7 Å². The molecule has 0 saturated carbocycles. The van der Waals surface area contributed by atoms with Crippen LogP contribution in [0.2, 0.25) is 0 Å². The Bertz CT molecular complexity index is 425. The molecule has 0 aliphatic rings. The average Bonchev–Trinajstić information content (AvgIpc) is 2.17. The van der Waals surface area contributed by atoms with Gasteiger partial charge in [-0.3, -0.25) is 4.98 Å². The highest BCUT2D eigenvalue weighted by atomic mass is 15.1. The lowest BCUT2D eigenvalue weighted by Gasteiger charge is -2.05. The molecule has 2 aromatic rings. The van der Waals surface area contributed by atoms with Crippen molar-refractivity contribution < 1.29 is 0 Å². The van der Waals surface area contributed by atoms with Crippen molar-refractivity contribution in [3.05, 3.63) is 36.3 Å². The monoisotopic (exact) mass is 201 g/mol. The minimum atomic E-state index is 0.251. The van der Waals surface area contributed by atoms with Crippen LogP contribution < -0.4 is 11.1 Å². The van der Waals surface area contributed by atoms with Crippen molar-refractivity contribution >= 4 is 17.5 Å². The summed E-state index contributed by atoms with van der Waals surface area (Å²) in [4.78, 5) is 11.9. The minimum Gasteiger partial charge on any atom is -0.368 e. The van der Waals surface area contributed by atoms with Gasteiger partial charge in [0.2, 0.25) is 5.95 Å². The number of nitrogens with two attached hydrogens (primary N) is 1. The molecular formula is C10H11N5. The zero-order valence-corrected chi connectivity index (χ0v) is 8.31. The quantitative estimate of drug-likeness (QED) is 0.770. The van der Waals surface area contributed by atoms with Crippen LogP contribution >= 0.6 is 0 Å². The van der Waals surface area contributed by atoms with Crippen LogP contribution in [0.25, 0.3) is 0 Å². The first-order valence-corrected chi connectivity index (χ1v) is 4.51. The molecule has 2 rings (SSSR count). The fourth-order valence-corrected chi connectivity index (χ4v) is 1.21. The van der Waals surface area contributed by atoms with E-state index in [4.69, 9.17) is 5.73 Å². The molecule has 0 bridgehead atoms. The Balaban J connectivity index is 2.22. The van der Waals surface area contributed by atoms with Crippen LogP contribution in [0.1, 0.15) is 5.56 Å². The predicted molar refractivity (Wildman–Crippen MR) is 58.7 cm³/mol. The van der Waals surface area contributed by atoms with Gasteiger partial charge in [0, 0.05) is 12.4 Å². The first-order chi connectivity index (χ1) is 7.24. The normalized spacial score (nSPS) is 9.93. The van der Waals surface area contributed by atoms with Gasteiger partial charge in [0.1, 0.15) is 5.82 Å². The third kappa shape index (κ3) is 2.40. The van der Waals surface area contributed by atoms with E-state index in [1.54, 1.807) is 24.7 Å². The fourth-order valence-electron chi connectivity index (χ4n) is 1.21. The first-order valence-electron chi connectivity index (χ1n) is 4.51. The highest BCUT2D eigenvalue weighted by Gasteiger charge is 1.97. The Labute approximate surface area is 87.4 Å². The summed E-state index contributed by atoms with van der Waals surface area (Å²) in [6, 6.07) is 3.73. The molecule has 0 saturated heterocycles. The lowest BCUT2D eigenvalue weighted by atomic mass is 10.3. The van der Waals surface area contributed by atoms with Gasteiger partial charge < -0.3 is 11.1 Å². The maximum absolute atomic E-state index is 5.46. The molecule has 2 aromatic heterocycles. The summed E-state index contributed by atoms with van der Waals surface area (Å²) in [5.74, 6) is 0.913.